The summed E-state index contributed by atoms with van der Waals surface area (Å²) in [5, 5.41) is 0.361. The Kier molecular flexibility index (Phi) is 8.71. The molecule has 1 fully saturated rings. The minimum Gasteiger partial charge on any atom is -0.464 e. The monoisotopic (exact) mass is 502 g/mol. The van der Waals surface area contributed by atoms with E-state index in [4.69, 9.17) is 4.74 Å². The summed E-state index contributed by atoms with van der Waals surface area (Å²) in [6, 6.07) is 8.19. The van der Waals surface area contributed by atoms with Crippen LogP contribution in [0.4, 0.5) is 8.78 Å². The molecule has 2 heterocycles. The van der Waals surface area contributed by atoms with Gasteiger partial charge in [-0.3, -0.25) is 9.69 Å². The lowest BCUT2D eigenvalue weighted by molar-refractivity contribution is -0.115. The van der Waals surface area contributed by atoms with E-state index in [9.17, 15) is 13.6 Å². The van der Waals surface area contributed by atoms with Crippen molar-refractivity contribution in [2.24, 2.45) is 11.8 Å². The van der Waals surface area contributed by atoms with Crippen molar-refractivity contribution in [2.45, 2.75) is 71.3 Å². The molecule has 1 aromatic heterocycles. The van der Waals surface area contributed by atoms with E-state index >= 15 is 0 Å². The van der Waals surface area contributed by atoms with Crippen LogP contribution in [0.5, 0.6) is 5.19 Å². The molecule has 2 aromatic rings. The van der Waals surface area contributed by atoms with Gasteiger partial charge < -0.3 is 4.74 Å². The van der Waals surface area contributed by atoms with Gasteiger partial charge in [-0.15, -0.1) is 0 Å². The van der Waals surface area contributed by atoms with Crippen molar-refractivity contribution < 1.29 is 18.3 Å². The number of carbonyl (C=O) groups is 1. The number of nitrogens with zero attached hydrogens (tertiary/aromatic N) is 2. The summed E-state index contributed by atoms with van der Waals surface area (Å²) in [4.78, 5) is 20.5. The predicted molar refractivity (Wildman–Crippen MR) is 137 cm³/mol. The van der Waals surface area contributed by atoms with Crippen LogP contribution in [0.25, 0.3) is 6.08 Å². The lowest BCUT2D eigenvalue weighted by atomic mass is 9.78. The fourth-order valence-electron chi connectivity index (χ4n) is 5.08. The van der Waals surface area contributed by atoms with Gasteiger partial charge in [-0.1, -0.05) is 60.1 Å². The van der Waals surface area contributed by atoms with Gasteiger partial charge in [-0.25, -0.2) is 13.8 Å². The molecular formula is C28H36F2N2O2S. The second-order valence-corrected chi connectivity index (χ2v) is 11.4. The molecular weight excluding hydrogens is 466 g/mol. The zero-order valence-corrected chi connectivity index (χ0v) is 21.6. The van der Waals surface area contributed by atoms with E-state index < -0.39 is 12.5 Å². The first kappa shape index (κ1) is 26.0. The van der Waals surface area contributed by atoms with Crippen LogP contribution in [0.2, 0.25) is 0 Å². The van der Waals surface area contributed by atoms with Crippen LogP contribution in [-0.4, -0.2) is 41.3 Å². The summed E-state index contributed by atoms with van der Waals surface area (Å²) >= 11 is 1.41. The highest BCUT2D eigenvalue weighted by molar-refractivity contribution is 7.13. The van der Waals surface area contributed by atoms with E-state index in [0.29, 0.717) is 23.5 Å². The predicted octanol–water partition coefficient (Wildman–Crippen LogP) is 6.71. The van der Waals surface area contributed by atoms with Crippen molar-refractivity contribution in [1.29, 1.82) is 0 Å². The molecule has 2 aliphatic rings. The topological polar surface area (TPSA) is 42.4 Å². The lowest BCUT2D eigenvalue weighted by Crippen LogP contribution is -2.32. The van der Waals surface area contributed by atoms with Gasteiger partial charge in [0.15, 0.2) is 12.4 Å². The molecule has 0 N–H and O–H groups in total. The number of ether oxygens (including phenoxy) is 1. The number of hydrogen-bond donors (Lipinski definition) is 0. The number of alkyl halides is 2. The normalized spacial score (nSPS) is 21.3. The molecule has 1 saturated carbocycles. The Balaban J connectivity index is 1.15. The van der Waals surface area contributed by atoms with Crippen molar-refractivity contribution in [2.75, 3.05) is 19.7 Å². The largest absolute Gasteiger partial charge is 0.464 e. The van der Waals surface area contributed by atoms with E-state index in [1.54, 1.807) is 6.08 Å². The first-order valence-electron chi connectivity index (χ1n) is 12.7. The number of allylic oxidation sites excluding steroid dienone is 1. The van der Waals surface area contributed by atoms with Crippen LogP contribution in [-0.2, 0) is 17.8 Å². The number of ketones is 1. The minimum absolute atomic E-state index is 0.230. The smallest absolute Gasteiger partial charge is 0.278 e. The van der Waals surface area contributed by atoms with Crippen molar-refractivity contribution in [1.82, 2.24) is 9.88 Å². The molecule has 1 aliphatic heterocycles. The van der Waals surface area contributed by atoms with E-state index in [1.165, 1.54) is 36.2 Å². The molecule has 190 valence electrons. The van der Waals surface area contributed by atoms with Crippen LogP contribution < -0.4 is 4.74 Å². The third-order valence-electron chi connectivity index (χ3n) is 7.05. The van der Waals surface area contributed by atoms with Crippen LogP contribution in [0, 0.1) is 18.8 Å². The second-order valence-electron chi connectivity index (χ2n) is 10.3. The van der Waals surface area contributed by atoms with E-state index in [1.807, 2.05) is 18.2 Å². The Morgan fingerprint density at radius 2 is 2.03 bits per heavy atom. The molecule has 1 aliphatic carbocycles. The summed E-state index contributed by atoms with van der Waals surface area (Å²) in [5.41, 5.74) is 3.26. The number of carbonyl (C=O) groups excluding carboxylic acids is 1. The Morgan fingerprint density at radius 3 is 2.77 bits per heavy atom. The maximum Gasteiger partial charge on any atom is 0.278 e. The Hall–Kier alpha value is -2.12. The molecule has 0 radical (unpaired) electrons. The zero-order chi connectivity index (χ0) is 24.8. The molecule has 0 atom stereocenters. The first-order valence-corrected chi connectivity index (χ1v) is 13.5. The summed E-state index contributed by atoms with van der Waals surface area (Å²) in [6.45, 7) is 5.08. The van der Waals surface area contributed by atoms with E-state index in [0.717, 1.165) is 62.0 Å². The summed E-state index contributed by atoms with van der Waals surface area (Å²) in [7, 11) is 0. The van der Waals surface area contributed by atoms with E-state index in [-0.39, 0.29) is 5.78 Å². The number of rotatable bonds is 10. The number of halogens is 2. The van der Waals surface area contributed by atoms with Gasteiger partial charge in [-0.05, 0) is 62.6 Å². The van der Waals surface area contributed by atoms with Gasteiger partial charge in [0.1, 0.15) is 0 Å². The molecule has 4 nitrogen and oxygen atoms in total. The maximum absolute atomic E-state index is 13.1. The van der Waals surface area contributed by atoms with Gasteiger partial charge in [0.2, 0.25) is 0 Å². The van der Waals surface area contributed by atoms with Crippen LogP contribution >= 0.6 is 11.3 Å². The Morgan fingerprint density at radius 1 is 1.26 bits per heavy atom. The lowest BCUT2D eigenvalue weighted by Gasteiger charge is -2.31. The Labute approximate surface area is 211 Å². The molecule has 0 spiro atoms. The molecule has 0 unspecified atom stereocenters. The highest BCUT2D eigenvalue weighted by atomic mass is 32.1. The molecule has 7 heteroatoms. The average Bonchev–Trinajstić information content (AvgIpc) is 3.23. The quantitative estimate of drug-likeness (QED) is 0.339. The van der Waals surface area contributed by atoms with E-state index in [2.05, 4.69) is 28.9 Å². The van der Waals surface area contributed by atoms with Crippen LogP contribution in [0.15, 0.2) is 30.3 Å². The highest BCUT2D eigenvalue weighted by Crippen LogP contribution is 2.34. The number of fused-ring (bicyclic) bond motifs is 1. The number of benzene rings is 1. The van der Waals surface area contributed by atoms with Gasteiger partial charge in [0.05, 0.1) is 5.69 Å². The molecule has 1 aromatic carbocycles. The number of aryl methyl sites for hydroxylation is 1. The average molecular weight is 503 g/mol. The highest BCUT2D eigenvalue weighted by Gasteiger charge is 2.27. The third kappa shape index (κ3) is 8.21. The molecule has 0 amide bonds. The van der Waals surface area contributed by atoms with Gasteiger partial charge in [-0.2, -0.15) is 0 Å². The minimum atomic E-state index is -2.84. The number of aromatic nitrogens is 1. The Bertz CT molecular complexity index is 1020. The summed E-state index contributed by atoms with van der Waals surface area (Å²) < 4.78 is 31.3. The third-order valence-corrected chi connectivity index (χ3v) is 8.12. The van der Waals surface area contributed by atoms with Crippen molar-refractivity contribution in [3.05, 3.63) is 52.0 Å². The van der Waals surface area contributed by atoms with Crippen molar-refractivity contribution >= 4 is 23.2 Å². The standard InChI is InChI=1S/C28H36F2N2O2S/c1-20-4-3-5-22(16-20)10-11-24(33)17-23-8-6-21(7-9-23)12-14-32-15-13-26-25(18-32)31-27(35-26)34-19-28(2,29)30/h3-5,10-11,16,21,23H,6-9,12-15,17-19H2,1-2H3/b11-10+. The van der Waals surface area contributed by atoms with Gasteiger partial charge in [0, 0.05) is 31.3 Å². The molecule has 4 rings (SSSR count). The number of hydrogen-bond acceptors (Lipinski definition) is 5. The summed E-state index contributed by atoms with van der Waals surface area (Å²) in [5.74, 6) is -1.40. The van der Waals surface area contributed by atoms with Crippen molar-refractivity contribution in [3.8, 4) is 5.19 Å². The van der Waals surface area contributed by atoms with Crippen LogP contribution in [0.3, 0.4) is 0 Å². The first-order chi connectivity index (χ1) is 16.7. The van der Waals surface area contributed by atoms with Crippen LogP contribution in [0.1, 0.15) is 67.1 Å². The number of thiazole rings is 1. The van der Waals surface area contributed by atoms with Gasteiger partial charge >= 0.3 is 0 Å². The molecule has 0 bridgehead atoms. The maximum atomic E-state index is 13.1. The summed E-state index contributed by atoms with van der Waals surface area (Å²) in [6.07, 6.45) is 11.1. The van der Waals surface area contributed by atoms with Crippen molar-refractivity contribution in [3.63, 3.8) is 0 Å². The zero-order valence-electron chi connectivity index (χ0n) is 20.8. The fraction of sp³-hybridized carbons (Fsp3) is 0.571. The fourth-order valence-corrected chi connectivity index (χ4v) is 5.98. The SMILES string of the molecule is Cc1cccc(/C=C/C(=O)CC2CCC(CCN3CCc4sc(OCC(C)(F)F)nc4C3)CC2)c1. The van der Waals surface area contributed by atoms with Gasteiger partial charge in [0.25, 0.3) is 11.1 Å². The second kappa shape index (κ2) is 11.7. The molecule has 35 heavy (non-hydrogen) atoms. The molecule has 0 saturated heterocycles.